The Hall–Kier alpha value is -2.31. The molecule has 0 radical (unpaired) electrons. The SMILES string of the molecule is CCCCNC(=O)Cc1c(C)n(C(=O)c2ccc(Br)cc2)c2cc(Cl)c(OC)cc12. The third-order valence-electron chi connectivity index (χ3n) is 5.09. The third-order valence-corrected chi connectivity index (χ3v) is 5.92. The van der Waals surface area contributed by atoms with Crippen molar-refractivity contribution in [2.24, 2.45) is 0 Å². The lowest BCUT2D eigenvalue weighted by atomic mass is 10.1. The molecule has 3 aromatic rings. The number of fused-ring (bicyclic) bond motifs is 1. The minimum Gasteiger partial charge on any atom is -0.495 e. The predicted molar refractivity (Wildman–Crippen MR) is 124 cm³/mol. The minimum atomic E-state index is -0.177. The highest BCUT2D eigenvalue weighted by atomic mass is 79.9. The predicted octanol–water partition coefficient (Wildman–Crippen LogP) is 5.52. The number of amides is 1. The van der Waals surface area contributed by atoms with Gasteiger partial charge in [-0.3, -0.25) is 14.2 Å². The topological polar surface area (TPSA) is 60.3 Å². The molecule has 0 spiro atoms. The van der Waals surface area contributed by atoms with Gasteiger partial charge in [0.05, 0.1) is 24.1 Å². The molecule has 0 saturated heterocycles. The van der Waals surface area contributed by atoms with Gasteiger partial charge in [0.1, 0.15) is 5.75 Å². The van der Waals surface area contributed by atoms with Gasteiger partial charge in [0.25, 0.3) is 5.91 Å². The zero-order valence-electron chi connectivity index (χ0n) is 17.2. The number of unbranched alkanes of at least 4 members (excludes halogenated alkanes) is 1. The molecule has 30 heavy (non-hydrogen) atoms. The monoisotopic (exact) mass is 490 g/mol. The van der Waals surface area contributed by atoms with Gasteiger partial charge in [-0.15, -0.1) is 0 Å². The molecule has 0 bridgehead atoms. The fraction of sp³-hybridized carbons (Fsp3) is 0.304. The number of hydrogen-bond acceptors (Lipinski definition) is 3. The van der Waals surface area contributed by atoms with Crippen LogP contribution in [0, 0.1) is 6.92 Å². The number of hydrogen-bond donors (Lipinski definition) is 1. The summed E-state index contributed by atoms with van der Waals surface area (Å²) in [5.41, 5.74) is 2.71. The molecule has 0 fully saturated rings. The van der Waals surface area contributed by atoms with Crippen molar-refractivity contribution in [1.29, 1.82) is 0 Å². The van der Waals surface area contributed by atoms with Crippen molar-refractivity contribution in [1.82, 2.24) is 9.88 Å². The molecule has 5 nitrogen and oxygen atoms in total. The number of rotatable bonds is 7. The Balaban J connectivity index is 2.11. The first kappa shape index (κ1) is 22.4. The second-order valence-electron chi connectivity index (χ2n) is 7.10. The molecule has 0 aliphatic heterocycles. The largest absolute Gasteiger partial charge is 0.495 e. The zero-order valence-corrected chi connectivity index (χ0v) is 19.6. The van der Waals surface area contributed by atoms with Crippen LogP contribution in [0.5, 0.6) is 5.75 Å². The molecule has 0 atom stereocenters. The number of aromatic nitrogens is 1. The molecule has 3 rings (SSSR count). The molecule has 0 aliphatic carbocycles. The number of halogens is 2. The molecule has 7 heteroatoms. The summed E-state index contributed by atoms with van der Waals surface area (Å²) < 4.78 is 7.89. The van der Waals surface area contributed by atoms with Crippen LogP contribution in [0.4, 0.5) is 0 Å². The first-order chi connectivity index (χ1) is 14.4. The fourth-order valence-corrected chi connectivity index (χ4v) is 3.97. The Morgan fingerprint density at radius 2 is 1.90 bits per heavy atom. The maximum Gasteiger partial charge on any atom is 0.262 e. The van der Waals surface area contributed by atoms with E-state index in [-0.39, 0.29) is 18.2 Å². The number of ether oxygens (including phenoxy) is 1. The van der Waals surface area contributed by atoms with Crippen LogP contribution in [-0.2, 0) is 11.2 Å². The molecular weight excluding hydrogens is 468 g/mol. The number of carbonyl (C=O) groups excluding carboxylic acids is 2. The van der Waals surface area contributed by atoms with E-state index < -0.39 is 0 Å². The summed E-state index contributed by atoms with van der Waals surface area (Å²) >= 11 is 9.76. The van der Waals surface area contributed by atoms with Crippen LogP contribution in [0.3, 0.4) is 0 Å². The number of carbonyl (C=O) groups is 2. The second-order valence-corrected chi connectivity index (χ2v) is 8.42. The first-order valence-corrected chi connectivity index (χ1v) is 11.0. The molecule has 1 N–H and O–H groups in total. The van der Waals surface area contributed by atoms with E-state index >= 15 is 0 Å². The van der Waals surface area contributed by atoms with Crippen molar-refractivity contribution >= 4 is 50.2 Å². The van der Waals surface area contributed by atoms with E-state index in [0.29, 0.717) is 34.1 Å². The van der Waals surface area contributed by atoms with Crippen LogP contribution in [0.25, 0.3) is 10.9 Å². The number of methoxy groups -OCH3 is 1. The number of benzene rings is 2. The van der Waals surface area contributed by atoms with Crippen LogP contribution in [0.15, 0.2) is 40.9 Å². The highest BCUT2D eigenvalue weighted by molar-refractivity contribution is 9.10. The molecular formula is C23H24BrClN2O3. The van der Waals surface area contributed by atoms with Crippen LogP contribution in [0.2, 0.25) is 5.02 Å². The Kier molecular flexibility index (Phi) is 7.21. The molecule has 1 aromatic heterocycles. The van der Waals surface area contributed by atoms with Crippen LogP contribution in [-0.4, -0.2) is 30.0 Å². The summed E-state index contributed by atoms with van der Waals surface area (Å²) in [4.78, 5) is 25.9. The van der Waals surface area contributed by atoms with Gasteiger partial charge < -0.3 is 10.1 Å². The smallest absolute Gasteiger partial charge is 0.262 e. The Labute approximate surface area is 189 Å². The van der Waals surface area contributed by atoms with E-state index in [0.717, 1.165) is 28.3 Å². The van der Waals surface area contributed by atoms with Crippen molar-refractivity contribution < 1.29 is 14.3 Å². The van der Waals surface area contributed by atoms with Crippen LogP contribution in [0.1, 0.15) is 41.4 Å². The summed E-state index contributed by atoms with van der Waals surface area (Å²) in [6.45, 7) is 4.57. The molecule has 0 saturated carbocycles. The molecule has 1 amide bonds. The van der Waals surface area contributed by atoms with Crippen molar-refractivity contribution in [2.45, 2.75) is 33.1 Å². The van der Waals surface area contributed by atoms with Gasteiger partial charge in [0.15, 0.2) is 0 Å². The third kappa shape index (κ3) is 4.55. The molecule has 0 aliphatic rings. The summed E-state index contributed by atoms with van der Waals surface area (Å²) in [7, 11) is 1.54. The van der Waals surface area contributed by atoms with Gasteiger partial charge in [-0.05, 0) is 55.3 Å². The van der Waals surface area contributed by atoms with Crippen molar-refractivity contribution in [3.05, 3.63) is 62.7 Å². The molecule has 1 heterocycles. The summed E-state index contributed by atoms with van der Waals surface area (Å²) in [5, 5.41) is 4.14. The molecule has 158 valence electrons. The van der Waals surface area contributed by atoms with E-state index in [2.05, 4.69) is 28.2 Å². The summed E-state index contributed by atoms with van der Waals surface area (Å²) in [6, 6.07) is 10.7. The van der Waals surface area contributed by atoms with Crippen LogP contribution >= 0.6 is 27.5 Å². The highest BCUT2D eigenvalue weighted by Crippen LogP contribution is 2.35. The van der Waals surface area contributed by atoms with E-state index in [9.17, 15) is 9.59 Å². The lowest BCUT2D eigenvalue weighted by Gasteiger charge is -2.09. The van der Waals surface area contributed by atoms with E-state index in [1.54, 1.807) is 35.9 Å². The Bertz CT molecular complexity index is 1090. The summed E-state index contributed by atoms with van der Waals surface area (Å²) in [6.07, 6.45) is 2.12. The maximum absolute atomic E-state index is 13.3. The van der Waals surface area contributed by atoms with Crippen molar-refractivity contribution in [3.63, 3.8) is 0 Å². The minimum absolute atomic E-state index is 0.0735. The Morgan fingerprint density at radius 1 is 1.20 bits per heavy atom. The van der Waals surface area contributed by atoms with E-state index in [1.807, 2.05) is 19.1 Å². The highest BCUT2D eigenvalue weighted by Gasteiger charge is 2.23. The van der Waals surface area contributed by atoms with Gasteiger partial charge in [0.2, 0.25) is 5.91 Å². The standard InChI is InChI=1S/C23H24BrClN2O3/c1-4-5-10-26-22(28)12-17-14(2)27(23(29)15-6-8-16(24)9-7-15)20-13-19(25)21(30-3)11-18(17)20/h6-9,11,13H,4-5,10,12H2,1-3H3,(H,26,28). The van der Waals surface area contributed by atoms with Gasteiger partial charge in [0, 0.05) is 27.7 Å². The van der Waals surface area contributed by atoms with Gasteiger partial charge in [-0.1, -0.05) is 40.9 Å². The molecule has 0 unspecified atom stereocenters. The number of nitrogens with zero attached hydrogens (tertiary/aromatic N) is 1. The first-order valence-electron chi connectivity index (χ1n) is 9.81. The van der Waals surface area contributed by atoms with Crippen molar-refractivity contribution in [3.8, 4) is 5.75 Å². The van der Waals surface area contributed by atoms with E-state index in [1.165, 1.54) is 0 Å². The van der Waals surface area contributed by atoms with Crippen molar-refractivity contribution in [2.75, 3.05) is 13.7 Å². The molecule has 2 aromatic carbocycles. The average Bonchev–Trinajstić information content (AvgIpc) is 2.98. The zero-order chi connectivity index (χ0) is 21.8. The van der Waals surface area contributed by atoms with Gasteiger partial charge >= 0.3 is 0 Å². The summed E-state index contributed by atoms with van der Waals surface area (Å²) in [5.74, 6) is 0.254. The Morgan fingerprint density at radius 3 is 2.53 bits per heavy atom. The van der Waals surface area contributed by atoms with Crippen LogP contribution < -0.4 is 10.1 Å². The lowest BCUT2D eigenvalue weighted by Crippen LogP contribution is -2.26. The second kappa shape index (κ2) is 9.67. The normalized spacial score (nSPS) is 11.0. The maximum atomic E-state index is 13.3. The fourth-order valence-electron chi connectivity index (χ4n) is 3.47. The number of nitrogens with one attached hydrogen (secondary N) is 1. The quantitative estimate of drug-likeness (QED) is 0.443. The van der Waals surface area contributed by atoms with Gasteiger partial charge in [-0.2, -0.15) is 0 Å². The average molecular weight is 492 g/mol. The van der Waals surface area contributed by atoms with E-state index in [4.69, 9.17) is 16.3 Å². The lowest BCUT2D eigenvalue weighted by molar-refractivity contribution is -0.120. The van der Waals surface area contributed by atoms with Gasteiger partial charge in [-0.25, -0.2) is 0 Å².